The van der Waals surface area contributed by atoms with Crippen molar-refractivity contribution in [3.05, 3.63) is 42.7 Å². The predicted molar refractivity (Wildman–Crippen MR) is 56.6 cm³/mol. The van der Waals surface area contributed by atoms with Gasteiger partial charge in [0.2, 0.25) is 5.76 Å². The van der Waals surface area contributed by atoms with Gasteiger partial charge in [-0.3, -0.25) is 0 Å². The lowest BCUT2D eigenvalue weighted by molar-refractivity contribution is 0.358. The normalized spacial score (nSPS) is 9.80. The van der Waals surface area contributed by atoms with Crippen LogP contribution >= 0.6 is 0 Å². The van der Waals surface area contributed by atoms with E-state index in [0.29, 0.717) is 17.9 Å². The molecule has 2 aromatic rings. The Hall–Kier alpha value is -2.21. The zero-order valence-corrected chi connectivity index (χ0v) is 8.06. The first kappa shape index (κ1) is 9.35. The number of hydrogen-bond acceptors (Lipinski definition) is 3. The first-order valence-corrected chi connectivity index (χ1v) is 4.52. The molecule has 0 aliphatic rings. The van der Waals surface area contributed by atoms with E-state index in [1.807, 2.05) is 24.3 Å². The molecule has 0 bridgehead atoms. The van der Waals surface area contributed by atoms with Crippen LogP contribution in [0.15, 0.2) is 41.3 Å². The molecule has 0 spiro atoms. The van der Waals surface area contributed by atoms with Crippen LogP contribution in [0.2, 0.25) is 0 Å². The summed E-state index contributed by atoms with van der Waals surface area (Å²) in [7, 11) is 0. The van der Waals surface area contributed by atoms with Crippen LogP contribution in [-0.2, 0) is 0 Å². The summed E-state index contributed by atoms with van der Waals surface area (Å²) in [5, 5.41) is 9.68. The van der Waals surface area contributed by atoms with Gasteiger partial charge in [0.1, 0.15) is 18.3 Å². The van der Waals surface area contributed by atoms with Crippen LogP contribution in [0.1, 0.15) is 5.76 Å². The number of nitrogens with zero attached hydrogens (tertiary/aromatic N) is 1. The van der Waals surface area contributed by atoms with Gasteiger partial charge < -0.3 is 9.15 Å². The number of para-hydroxylation sites is 1. The molecular formula is C12H9NO2. The topological polar surface area (TPSA) is 46.2 Å². The number of nitriles is 1. The molecule has 3 nitrogen and oxygen atoms in total. The summed E-state index contributed by atoms with van der Waals surface area (Å²) >= 11 is 0. The van der Waals surface area contributed by atoms with E-state index in [1.54, 1.807) is 12.1 Å². The summed E-state index contributed by atoms with van der Waals surface area (Å²) in [5.74, 6) is 0.700. The van der Waals surface area contributed by atoms with Gasteiger partial charge in [0, 0.05) is 0 Å². The quantitative estimate of drug-likeness (QED) is 0.714. The van der Waals surface area contributed by atoms with Crippen molar-refractivity contribution in [2.75, 3.05) is 6.61 Å². The fourth-order valence-electron chi connectivity index (χ4n) is 1.38. The first-order chi connectivity index (χ1) is 7.36. The van der Waals surface area contributed by atoms with Crippen molar-refractivity contribution in [1.82, 2.24) is 0 Å². The van der Waals surface area contributed by atoms with Gasteiger partial charge in [-0.1, -0.05) is 24.8 Å². The molecule has 0 unspecified atom stereocenters. The van der Waals surface area contributed by atoms with Gasteiger partial charge in [0.15, 0.2) is 5.75 Å². The highest BCUT2D eigenvalue weighted by molar-refractivity contribution is 5.86. The van der Waals surface area contributed by atoms with Crippen molar-refractivity contribution in [1.29, 1.82) is 5.26 Å². The second-order valence-electron chi connectivity index (χ2n) is 2.97. The van der Waals surface area contributed by atoms with Crippen LogP contribution in [0.5, 0.6) is 5.75 Å². The smallest absolute Gasteiger partial charge is 0.246 e. The van der Waals surface area contributed by atoms with Crippen molar-refractivity contribution in [3.63, 3.8) is 0 Å². The number of hydrogen-bond donors (Lipinski definition) is 0. The Labute approximate surface area is 87.2 Å². The molecule has 2 rings (SSSR count). The van der Waals surface area contributed by atoms with E-state index in [0.717, 1.165) is 5.39 Å². The van der Waals surface area contributed by atoms with E-state index in [-0.39, 0.29) is 5.76 Å². The Kier molecular flexibility index (Phi) is 2.42. The SMILES string of the molecule is C=CCOc1c(C#N)oc2ccccc12. The summed E-state index contributed by atoms with van der Waals surface area (Å²) < 4.78 is 10.7. The molecular weight excluding hydrogens is 190 g/mol. The summed E-state index contributed by atoms with van der Waals surface area (Å²) in [6.45, 7) is 3.92. The van der Waals surface area contributed by atoms with Gasteiger partial charge in [0.25, 0.3) is 0 Å². The molecule has 0 amide bonds. The van der Waals surface area contributed by atoms with E-state index >= 15 is 0 Å². The Balaban J connectivity index is 2.57. The third-order valence-corrected chi connectivity index (χ3v) is 2.00. The van der Waals surface area contributed by atoms with E-state index < -0.39 is 0 Å². The van der Waals surface area contributed by atoms with E-state index in [2.05, 4.69) is 6.58 Å². The van der Waals surface area contributed by atoms with Crippen LogP contribution in [-0.4, -0.2) is 6.61 Å². The molecule has 1 heterocycles. The van der Waals surface area contributed by atoms with E-state index in [9.17, 15) is 0 Å². The molecule has 3 heteroatoms. The van der Waals surface area contributed by atoms with Crippen molar-refractivity contribution in [3.8, 4) is 11.8 Å². The van der Waals surface area contributed by atoms with Crippen molar-refractivity contribution < 1.29 is 9.15 Å². The minimum atomic E-state index is 0.207. The lowest BCUT2D eigenvalue weighted by Gasteiger charge is -1.99. The van der Waals surface area contributed by atoms with E-state index in [1.165, 1.54) is 0 Å². The molecule has 0 aliphatic heterocycles. The monoisotopic (exact) mass is 199 g/mol. The fraction of sp³-hybridized carbons (Fsp3) is 0.0833. The molecule has 0 saturated carbocycles. The molecule has 0 N–H and O–H groups in total. The highest BCUT2D eigenvalue weighted by Crippen LogP contribution is 2.32. The van der Waals surface area contributed by atoms with Gasteiger partial charge in [-0.15, -0.1) is 0 Å². The number of furan rings is 1. The summed E-state index contributed by atoms with van der Waals surface area (Å²) in [6.07, 6.45) is 1.63. The van der Waals surface area contributed by atoms with Crippen molar-refractivity contribution in [2.45, 2.75) is 0 Å². The Morgan fingerprint density at radius 1 is 1.47 bits per heavy atom. The predicted octanol–water partition coefficient (Wildman–Crippen LogP) is 2.87. The Bertz CT molecular complexity index is 534. The molecule has 15 heavy (non-hydrogen) atoms. The maximum Gasteiger partial charge on any atom is 0.246 e. The molecule has 1 aromatic heterocycles. The third-order valence-electron chi connectivity index (χ3n) is 2.00. The van der Waals surface area contributed by atoms with Crippen molar-refractivity contribution in [2.24, 2.45) is 0 Å². The molecule has 0 atom stereocenters. The molecule has 1 aromatic carbocycles. The minimum Gasteiger partial charge on any atom is -0.484 e. The molecule has 0 aliphatic carbocycles. The van der Waals surface area contributed by atoms with Crippen LogP contribution in [0, 0.1) is 11.3 Å². The van der Waals surface area contributed by atoms with Crippen LogP contribution in [0.4, 0.5) is 0 Å². The second-order valence-corrected chi connectivity index (χ2v) is 2.97. The van der Waals surface area contributed by atoms with Gasteiger partial charge in [0.05, 0.1) is 5.39 Å². The third kappa shape index (κ3) is 1.57. The zero-order chi connectivity index (χ0) is 10.7. The average molecular weight is 199 g/mol. The number of fused-ring (bicyclic) bond motifs is 1. The van der Waals surface area contributed by atoms with Gasteiger partial charge >= 0.3 is 0 Å². The van der Waals surface area contributed by atoms with Gasteiger partial charge in [-0.25, -0.2) is 0 Å². The molecule has 0 saturated heterocycles. The Morgan fingerprint density at radius 3 is 3.00 bits per heavy atom. The van der Waals surface area contributed by atoms with Crippen LogP contribution in [0.25, 0.3) is 11.0 Å². The maximum atomic E-state index is 8.87. The van der Waals surface area contributed by atoms with Gasteiger partial charge in [-0.2, -0.15) is 5.26 Å². The Morgan fingerprint density at radius 2 is 2.27 bits per heavy atom. The van der Waals surface area contributed by atoms with Crippen molar-refractivity contribution >= 4 is 11.0 Å². The lowest BCUT2D eigenvalue weighted by Crippen LogP contribution is -1.93. The highest BCUT2D eigenvalue weighted by atomic mass is 16.5. The molecule has 0 fully saturated rings. The summed E-state index contributed by atoms with van der Waals surface area (Å²) in [5.41, 5.74) is 0.660. The molecule has 74 valence electrons. The van der Waals surface area contributed by atoms with Crippen LogP contribution in [0.3, 0.4) is 0 Å². The average Bonchev–Trinajstić information content (AvgIpc) is 2.64. The fourth-order valence-corrected chi connectivity index (χ4v) is 1.38. The second kappa shape index (κ2) is 3.89. The first-order valence-electron chi connectivity index (χ1n) is 4.52. The standard InChI is InChI=1S/C12H9NO2/c1-2-7-14-12-9-5-3-4-6-10(9)15-11(12)8-13/h2-6H,1,7H2. The summed E-state index contributed by atoms with van der Waals surface area (Å²) in [6, 6.07) is 9.36. The number of ether oxygens (including phenoxy) is 1. The summed E-state index contributed by atoms with van der Waals surface area (Å²) in [4.78, 5) is 0. The highest BCUT2D eigenvalue weighted by Gasteiger charge is 2.13. The largest absolute Gasteiger partial charge is 0.484 e. The van der Waals surface area contributed by atoms with E-state index in [4.69, 9.17) is 14.4 Å². The number of benzene rings is 1. The zero-order valence-electron chi connectivity index (χ0n) is 8.06. The van der Waals surface area contributed by atoms with Gasteiger partial charge in [-0.05, 0) is 12.1 Å². The maximum absolute atomic E-state index is 8.87. The number of rotatable bonds is 3. The minimum absolute atomic E-state index is 0.207. The van der Waals surface area contributed by atoms with Crippen LogP contribution < -0.4 is 4.74 Å². The molecule has 0 radical (unpaired) electrons. The lowest BCUT2D eigenvalue weighted by atomic mass is 10.2.